The Bertz CT molecular complexity index is 751. The van der Waals surface area contributed by atoms with Gasteiger partial charge in [-0.1, -0.05) is 30.3 Å². The van der Waals surface area contributed by atoms with Gasteiger partial charge in [0.1, 0.15) is 5.75 Å². The van der Waals surface area contributed by atoms with E-state index in [0.29, 0.717) is 6.42 Å². The molecule has 0 spiro atoms. The second-order valence-electron chi connectivity index (χ2n) is 6.65. The number of aryl methyl sites for hydroxylation is 3. The molecule has 0 fully saturated rings. The SMILES string of the molecule is COc1ccc(CC(=O)N[C@@H](C)c2ccc3c(c2)CCC3)cc1C. The Balaban J connectivity index is 1.63. The third-order valence-electron chi connectivity index (χ3n) is 4.82. The van der Waals surface area contributed by atoms with Crippen molar-refractivity contribution in [3.8, 4) is 5.75 Å². The molecular formula is C21H25NO2. The van der Waals surface area contributed by atoms with Crippen molar-refractivity contribution in [2.75, 3.05) is 7.11 Å². The van der Waals surface area contributed by atoms with Gasteiger partial charge in [0, 0.05) is 0 Å². The van der Waals surface area contributed by atoms with Gasteiger partial charge in [0.15, 0.2) is 0 Å². The number of amides is 1. The largest absolute Gasteiger partial charge is 0.496 e. The van der Waals surface area contributed by atoms with Crippen LogP contribution in [0.3, 0.4) is 0 Å². The monoisotopic (exact) mass is 323 g/mol. The van der Waals surface area contributed by atoms with E-state index in [9.17, 15) is 4.79 Å². The number of rotatable bonds is 5. The smallest absolute Gasteiger partial charge is 0.224 e. The minimum absolute atomic E-state index is 0.0303. The van der Waals surface area contributed by atoms with Crippen molar-refractivity contribution in [2.45, 2.75) is 45.6 Å². The van der Waals surface area contributed by atoms with Crippen LogP contribution in [0.5, 0.6) is 5.75 Å². The molecule has 1 atom stereocenters. The zero-order chi connectivity index (χ0) is 17.1. The van der Waals surface area contributed by atoms with Crippen LogP contribution < -0.4 is 10.1 Å². The number of hydrogen-bond acceptors (Lipinski definition) is 2. The predicted molar refractivity (Wildman–Crippen MR) is 96.5 cm³/mol. The Hall–Kier alpha value is -2.29. The van der Waals surface area contributed by atoms with E-state index in [2.05, 4.69) is 23.5 Å². The van der Waals surface area contributed by atoms with Crippen molar-refractivity contribution in [2.24, 2.45) is 0 Å². The molecule has 0 radical (unpaired) electrons. The van der Waals surface area contributed by atoms with Gasteiger partial charge < -0.3 is 10.1 Å². The van der Waals surface area contributed by atoms with Crippen LogP contribution in [0.4, 0.5) is 0 Å². The van der Waals surface area contributed by atoms with Gasteiger partial charge in [-0.25, -0.2) is 0 Å². The number of fused-ring (bicyclic) bond motifs is 1. The molecule has 0 saturated heterocycles. The van der Waals surface area contributed by atoms with Crippen LogP contribution in [0.15, 0.2) is 36.4 Å². The summed E-state index contributed by atoms with van der Waals surface area (Å²) in [5, 5.41) is 3.11. The van der Waals surface area contributed by atoms with Crippen molar-refractivity contribution in [3.63, 3.8) is 0 Å². The first kappa shape index (κ1) is 16.6. The number of nitrogens with one attached hydrogen (secondary N) is 1. The standard InChI is InChI=1S/C21H25NO2/c1-14-11-16(7-10-20(14)24-3)12-21(23)22-15(2)18-9-8-17-5-4-6-19(17)13-18/h7-11,13,15H,4-6,12H2,1-3H3,(H,22,23)/t15-/m0/s1. The molecule has 0 aliphatic heterocycles. The minimum Gasteiger partial charge on any atom is -0.496 e. The number of methoxy groups -OCH3 is 1. The number of carbonyl (C=O) groups is 1. The maximum atomic E-state index is 12.4. The topological polar surface area (TPSA) is 38.3 Å². The van der Waals surface area contributed by atoms with E-state index < -0.39 is 0 Å². The summed E-state index contributed by atoms with van der Waals surface area (Å²) in [7, 11) is 1.66. The quantitative estimate of drug-likeness (QED) is 0.906. The van der Waals surface area contributed by atoms with Crippen LogP contribution in [-0.2, 0) is 24.1 Å². The van der Waals surface area contributed by atoms with Crippen molar-refractivity contribution < 1.29 is 9.53 Å². The summed E-state index contributed by atoms with van der Waals surface area (Å²) in [5.41, 5.74) is 6.15. The van der Waals surface area contributed by atoms with Crippen LogP contribution in [0.25, 0.3) is 0 Å². The maximum Gasteiger partial charge on any atom is 0.224 e. The molecule has 0 unspecified atom stereocenters. The molecule has 0 heterocycles. The van der Waals surface area contributed by atoms with E-state index in [4.69, 9.17) is 4.74 Å². The first-order valence-electron chi connectivity index (χ1n) is 8.61. The van der Waals surface area contributed by atoms with Crippen molar-refractivity contribution in [1.82, 2.24) is 5.32 Å². The molecule has 3 nitrogen and oxygen atoms in total. The molecule has 126 valence electrons. The molecule has 0 aromatic heterocycles. The lowest BCUT2D eigenvalue weighted by atomic mass is 10.0. The third kappa shape index (κ3) is 3.61. The fourth-order valence-corrected chi connectivity index (χ4v) is 3.47. The van der Waals surface area contributed by atoms with Crippen LogP contribution in [0.1, 0.15) is 47.2 Å². The zero-order valence-electron chi connectivity index (χ0n) is 14.7. The molecule has 2 aromatic carbocycles. The molecule has 0 saturated carbocycles. The van der Waals surface area contributed by atoms with Gasteiger partial charge in [-0.05, 0) is 67.0 Å². The maximum absolute atomic E-state index is 12.4. The summed E-state index contributed by atoms with van der Waals surface area (Å²) >= 11 is 0. The Labute approximate surface area is 144 Å². The van der Waals surface area contributed by atoms with Crippen molar-refractivity contribution >= 4 is 5.91 Å². The highest BCUT2D eigenvalue weighted by Gasteiger charge is 2.15. The van der Waals surface area contributed by atoms with E-state index >= 15 is 0 Å². The molecule has 0 bridgehead atoms. The second-order valence-corrected chi connectivity index (χ2v) is 6.65. The first-order valence-corrected chi connectivity index (χ1v) is 8.61. The molecular weight excluding hydrogens is 298 g/mol. The lowest BCUT2D eigenvalue weighted by Crippen LogP contribution is -2.28. The van der Waals surface area contributed by atoms with E-state index in [-0.39, 0.29) is 11.9 Å². The highest BCUT2D eigenvalue weighted by molar-refractivity contribution is 5.79. The Kier molecular flexibility index (Phi) is 4.89. The third-order valence-corrected chi connectivity index (χ3v) is 4.82. The summed E-state index contributed by atoms with van der Waals surface area (Å²) in [4.78, 5) is 12.4. The predicted octanol–water partition coefficient (Wildman–Crippen LogP) is 3.91. The Morgan fingerprint density at radius 3 is 2.71 bits per heavy atom. The summed E-state index contributed by atoms with van der Waals surface area (Å²) in [6.45, 7) is 4.04. The molecule has 3 rings (SSSR count). The Morgan fingerprint density at radius 2 is 1.96 bits per heavy atom. The van der Waals surface area contributed by atoms with Crippen LogP contribution >= 0.6 is 0 Å². The molecule has 1 N–H and O–H groups in total. The fraction of sp³-hybridized carbons (Fsp3) is 0.381. The molecule has 1 aliphatic rings. The molecule has 1 amide bonds. The van der Waals surface area contributed by atoms with E-state index in [1.165, 1.54) is 29.5 Å². The summed E-state index contributed by atoms with van der Waals surface area (Å²) in [5.74, 6) is 0.901. The summed E-state index contributed by atoms with van der Waals surface area (Å²) in [6.07, 6.45) is 3.98. The highest BCUT2D eigenvalue weighted by atomic mass is 16.5. The van der Waals surface area contributed by atoms with Gasteiger partial charge in [-0.3, -0.25) is 4.79 Å². The molecule has 3 heteroatoms. The van der Waals surface area contributed by atoms with Crippen molar-refractivity contribution in [3.05, 3.63) is 64.2 Å². The number of carbonyl (C=O) groups excluding carboxylic acids is 1. The van der Waals surface area contributed by atoms with Gasteiger partial charge in [0.25, 0.3) is 0 Å². The molecule has 1 aliphatic carbocycles. The molecule has 24 heavy (non-hydrogen) atoms. The van der Waals surface area contributed by atoms with Gasteiger partial charge in [-0.2, -0.15) is 0 Å². The molecule has 2 aromatic rings. The van der Waals surface area contributed by atoms with Gasteiger partial charge >= 0.3 is 0 Å². The fourth-order valence-electron chi connectivity index (χ4n) is 3.47. The number of hydrogen-bond donors (Lipinski definition) is 1. The van der Waals surface area contributed by atoms with Crippen LogP contribution in [-0.4, -0.2) is 13.0 Å². The van der Waals surface area contributed by atoms with E-state index in [1.54, 1.807) is 7.11 Å². The zero-order valence-corrected chi connectivity index (χ0v) is 14.7. The normalized spacial score (nSPS) is 14.1. The lowest BCUT2D eigenvalue weighted by Gasteiger charge is -2.16. The van der Waals surface area contributed by atoms with Gasteiger partial charge in [0.05, 0.1) is 19.6 Å². The van der Waals surface area contributed by atoms with E-state index in [1.807, 2.05) is 32.0 Å². The second kappa shape index (κ2) is 7.08. The highest BCUT2D eigenvalue weighted by Crippen LogP contribution is 2.25. The summed E-state index contributed by atoms with van der Waals surface area (Å²) < 4.78 is 5.26. The summed E-state index contributed by atoms with van der Waals surface area (Å²) in [6, 6.07) is 12.5. The lowest BCUT2D eigenvalue weighted by molar-refractivity contribution is -0.121. The van der Waals surface area contributed by atoms with Crippen molar-refractivity contribution in [1.29, 1.82) is 0 Å². The van der Waals surface area contributed by atoms with E-state index in [0.717, 1.165) is 23.3 Å². The number of benzene rings is 2. The van der Waals surface area contributed by atoms with Crippen LogP contribution in [0, 0.1) is 6.92 Å². The van der Waals surface area contributed by atoms with Crippen LogP contribution in [0.2, 0.25) is 0 Å². The van der Waals surface area contributed by atoms with Gasteiger partial charge in [-0.15, -0.1) is 0 Å². The average Bonchev–Trinajstić information content (AvgIpc) is 3.02. The Morgan fingerprint density at radius 1 is 1.17 bits per heavy atom. The number of ether oxygens (including phenoxy) is 1. The minimum atomic E-state index is 0.0303. The first-order chi connectivity index (χ1) is 11.6. The average molecular weight is 323 g/mol. The van der Waals surface area contributed by atoms with Gasteiger partial charge in [0.2, 0.25) is 5.91 Å².